The highest BCUT2D eigenvalue weighted by atomic mass is 16.3. The molecule has 0 aliphatic carbocycles. The van der Waals surface area contributed by atoms with Gasteiger partial charge in [0.1, 0.15) is 5.75 Å². The average Bonchev–Trinajstić information content (AvgIpc) is 3.62. The first-order valence-electron chi connectivity index (χ1n) is 20.6. The van der Waals surface area contributed by atoms with E-state index in [9.17, 15) is 14.7 Å². The van der Waals surface area contributed by atoms with E-state index in [2.05, 4.69) is 52.0 Å². The molecule has 58 heavy (non-hydrogen) atoms. The van der Waals surface area contributed by atoms with Crippen LogP contribution in [0.3, 0.4) is 0 Å². The van der Waals surface area contributed by atoms with Crippen molar-refractivity contribution in [2.24, 2.45) is 0 Å². The number of benzene rings is 4. The molecule has 0 saturated carbocycles. The summed E-state index contributed by atoms with van der Waals surface area (Å²) in [7, 11) is 5.86. The van der Waals surface area contributed by atoms with Crippen molar-refractivity contribution in [2.75, 3.05) is 51.0 Å². The summed E-state index contributed by atoms with van der Waals surface area (Å²) in [4.78, 5) is 50.9. The second kappa shape index (κ2) is 16.5. The van der Waals surface area contributed by atoms with Gasteiger partial charge in [0, 0.05) is 86.2 Å². The summed E-state index contributed by atoms with van der Waals surface area (Å²) < 4.78 is 2.26. The van der Waals surface area contributed by atoms with Gasteiger partial charge in [0.25, 0.3) is 11.8 Å². The van der Waals surface area contributed by atoms with Crippen molar-refractivity contribution in [3.63, 3.8) is 0 Å². The Morgan fingerprint density at radius 3 is 2.38 bits per heavy atom. The number of carbonyl (C=O) groups is 3. The standard InChI is InChI=1S/C48H54N6O4/c1-32-24-34-11-5-6-12-36(34)31-54(32)48(58)42-28-37-30-52(46(56)26-33-10-9-13-38(25-33)49-20-23-50(2)3)22-19-35(37)27-41(42)45-29-43(44-14-7-8-21-53(44)45)47(57)51(4)39-15-17-40(55)18-16-39/h5-6,9-13,15-18,25,27-29,32,49,55H,7-8,14,19-24,26,30-31H2,1-4H3/t32-/m1/s1. The van der Waals surface area contributed by atoms with Gasteiger partial charge in [-0.05, 0) is 136 Å². The number of hydrogen-bond donors (Lipinski definition) is 2. The molecule has 4 heterocycles. The van der Waals surface area contributed by atoms with E-state index in [1.807, 2.05) is 60.3 Å². The predicted octanol–water partition coefficient (Wildman–Crippen LogP) is 7.16. The van der Waals surface area contributed by atoms with Crippen molar-refractivity contribution in [1.29, 1.82) is 0 Å². The SMILES string of the molecule is C[C@@H]1Cc2ccccc2CN1C(=O)c1cc2c(cc1-c1cc(C(=O)N(C)c3ccc(O)cc3)c3n1CCCC3)CCN(C(=O)Cc1cccc(NCCN(C)C)c1)C2. The fourth-order valence-corrected chi connectivity index (χ4v) is 8.88. The van der Waals surface area contributed by atoms with Crippen LogP contribution in [0.1, 0.15) is 74.0 Å². The molecule has 0 bridgehead atoms. The van der Waals surface area contributed by atoms with Crippen LogP contribution in [0, 0.1) is 0 Å². The smallest absolute Gasteiger partial charge is 0.259 e. The number of phenols is 1. The molecule has 5 aromatic rings. The first kappa shape index (κ1) is 39.0. The third-order valence-corrected chi connectivity index (χ3v) is 12.2. The number of fused-ring (bicyclic) bond motifs is 3. The summed E-state index contributed by atoms with van der Waals surface area (Å²) in [5, 5.41) is 13.3. The van der Waals surface area contributed by atoms with Crippen LogP contribution in [-0.2, 0) is 50.1 Å². The van der Waals surface area contributed by atoms with Crippen LogP contribution >= 0.6 is 0 Å². The molecule has 1 aromatic heterocycles. The van der Waals surface area contributed by atoms with Crippen molar-refractivity contribution in [2.45, 2.75) is 71.1 Å². The van der Waals surface area contributed by atoms with Gasteiger partial charge < -0.3 is 34.6 Å². The first-order chi connectivity index (χ1) is 28.0. The number of nitrogens with one attached hydrogen (secondary N) is 1. The van der Waals surface area contributed by atoms with E-state index in [0.29, 0.717) is 49.3 Å². The molecule has 0 fully saturated rings. The number of carbonyl (C=O) groups excluding carboxylic acids is 3. The number of aromatic hydroxyl groups is 1. The Kier molecular flexibility index (Phi) is 11.1. The van der Waals surface area contributed by atoms with Gasteiger partial charge in [0.05, 0.1) is 12.0 Å². The topological polar surface area (TPSA) is 101 Å². The molecule has 2 N–H and O–H groups in total. The van der Waals surface area contributed by atoms with Gasteiger partial charge in [0.2, 0.25) is 5.91 Å². The normalized spacial score (nSPS) is 16.1. The summed E-state index contributed by atoms with van der Waals surface area (Å²) >= 11 is 0. The van der Waals surface area contributed by atoms with Crippen molar-refractivity contribution in [3.05, 3.63) is 136 Å². The fraction of sp³-hybridized carbons (Fsp3) is 0.354. The van der Waals surface area contributed by atoms with E-state index in [-0.39, 0.29) is 29.5 Å². The molecule has 3 aliphatic rings. The van der Waals surface area contributed by atoms with E-state index in [0.717, 1.165) is 90.2 Å². The lowest BCUT2D eigenvalue weighted by Crippen LogP contribution is -2.43. The molecule has 3 aliphatic heterocycles. The zero-order chi connectivity index (χ0) is 40.5. The number of phenolic OH excluding ortho intramolecular Hbond substituents is 1. The second-order valence-electron chi connectivity index (χ2n) is 16.5. The molecule has 4 aromatic carbocycles. The van der Waals surface area contributed by atoms with E-state index >= 15 is 4.79 Å². The molecule has 0 spiro atoms. The predicted molar refractivity (Wildman–Crippen MR) is 229 cm³/mol. The molecule has 0 unspecified atom stereocenters. The Hall–Kier alpha value is -5.87. The van der Waals surface area contributed by atoms with Gasteiger partial charge in [-0.25, -0.2) is 0 Å². The van der Waals surface area contributed by atoms with Crippen molar-refractivity contribution < 1.29 is 19.5 Å². The lowest BCUT2D eigenvalue weighted by Gasteiger charge is -2.36. The van der Waals surface area contributed by atoms with Gasteiger partial charge in [-0.2, -0.15) is 0 Å². The lowest BCUT2D eigenvalue weighted by atomic mass is 9.89. The van der Waals surface area contributed by atoms with Crippen LogP contribution in [-0.4, -0.2) is 88.9 Å². The fourth-order valence-electron chi connectivity index (χ4n) is 8.88. The molecule has 8 rings (SSSR count). The zero-order valence-corrected chi connectivity index (χ0v) is 34.1. The molecule has 0 radical (unpaired) electrons. The Morgan fingerprint density at radius 1 is 0.793 bits per heavy atom. The van der Waals surface area contributed by atoms with Crippen LogP contribution in [0.25, 0.3) is 11.3 Å². The van der Waals surface area contributed by atoms with Crippen LogP contribution in [0.15, 0.2) is 91.0 Å². The van der Waals surface area contributed by atoms with Crippen LogP contribution in [0.2, 0.25) is 0 Å². The maximum Gasteiger partial charge on any atom is 0.259 e. The quantitative estimate of drug-likeness (QED) is 0.156. The molecule has 10 heteroatoms. The van der Waals surface area contributed by atoms with Gasteiger partial charge in [0.15, 0.2) is 0 Å². The highest BCUT2D eigenvalue weighted by Gasteiger charge is 2.33. The maximum atomic E-state index is 15.1. The van der Waals surface area contributed by atoms with E-state index in [1.165, 1.54) is 5.56 Å². The summed E-state index contributed by atoms with van der Waals surface area (Å²) in [6, 6.07) is 29.3. The highest BCUT2D eigenvalue weighted by molar-refractivity contribution is 6.08. The van der Waals surface area contributed by atoms with Crippen molar-refractivity contribution in [3.8, 4) is 17.0 Å². The van der Waals surface area contributed by atoms with Crippen LogP contribution in [0.5, 0.6) is 5.75 Å². The summed E-state index contributed by atoms with van der Waals surface area (Å²) in [6.07, 6.45) is 4.49. The van der Waals surface area contributed by atoms with Gasteiger partial charge in [-0.1, -0.05) is 36.4 Å². The minimum Gasteiger partial charge on any atom is -0.508 e. The third-order valence-electron chi connectivity index (χ3n) is 12.2. The van der Waals surface area contributed by atoms with Crippen LogP contribution in [0.4, 0.5) is 11.4 Å². The molecular weight excluding hydrogens is 725 g/mol. The molecule has 3 amide bonds. The number of nitrogens with zero attached hydrogens (tertiary/aromatic N) is 5. The third kappa shape index (κ3) is 7.98. The largest absolute Gasteiger partial charge is 0.508 e. The van der Waals surface area contributed by atoms with Crippen molar-refractivity contribution >= 4 is 29.1 Å². The Morgan fingerprint density at radius 2 is 1.59 bits per heavy atom. The summed E-state index contributed by atoms with van der Waals surface area (Å²) in [6.45, 7) is 6.15. The highest BCUT2D eigenvalue weighted by Crippen LogP contribution is 2.38. The minimum absolute atomic E-state index is 0.00479. The summed E-state index contributed by atoms with van der Waals surface area (Å²) in [5.74, 6) is 0.0441. The molecule has 10 nitrogen and oxygen atoms in total. The number of aromatic nitrogens is 1. The number of likely N-dealkylation sites (N-methyl/N-ethyl adjacent to an activating group) is 1. The van der Waals surface area contributed by atoms with E-state index < -0.39 is 0 Å². The van der Waals surface area contributed by atoms with Gasteiger partial charge >= 0.3 is 0 Å². The number of amides is 3. The van der Waals surface area contributed by atoms with Crippen molar-refractivity contribution in [1.82, 2.24) is 19.3 Å². The number of anilines is 2. The number of rotatable bonds is 10. The van der Waals surface area contributed by atoms with Gasteiger partial charge in [-0.15, -0.1) is 0 Å². The minimum atomic E-state index is -0.126. The lowest BCUT2D eigenvalue weighted by molar-refractivity contribution is -0.131. The second-order valence-corrected chi connectivity index (χ2v) is 16.5. The molecular formula is C48H54N6O4. The Bertz CT molecular complexity index is 2350. The van der Waals surface area contributed by atoms with Crippen LogP contribution < -0.4 is 10.2 Å². The zero-order valence-electron chi connectivity index (χ0n) is 34.1. The van der Waals surface area contributed by atoms with E-state index in [4.69, 9.17) is 0 Å². The monoisotopic (exact) mass is 778 g/mol. The average molecular weight is 779 g/mol. The molecule has 1 atom stereocenters. The first-order valence-corrected chi connectivity index (χ1v) is 20.6. The maximum absolute atomic E-state index is 15.1. The number of hydrogen-bond acceptors (Lipinski definition) is 6. The van der Waals surface area contributed by atoms with Gasteiger partial charge in [-0.3, -0.25) is 14.4 Å². The Labute approximate surface area is 341 Å². The van der Waals surface area contributed by atoms with E-state index in [1.54, 1.807) is 36.2 Å². The summed E-state index contributed by atoms with van der Waals surface area (Å²) in [5.41, 5.74) is 11.2. The Balaban J connectivity index is 1.14. The molecule has 300 valence electrons. The molecule has 0 saturated heterocycles.